The van der Waals surface area contributed by atoms with Crippen molar-refractivity contribution in [3.63, 3.8) is 0 Å². The average Bonchev–Trinajstić information content (AvgIpc) is 2.34. The third-order valence-corrected chi connectivity index (χ3v) is 2.37. The molecule has 0 aliphatic heterocycles. The van der Waals surface area contributed by atoms with Gasteiger partial charge in [0.25, 0.3) is 0 Å². The van der Waals surface area contributed by atoms with Gasteiger partial charge < -0.3 is 4.74 Å². The molecule has 0 unspecified atom stereocenters. The Hall–Kier alpha value is -1.87. The molecule has 0 atom stereocenters. The van der Waals surface area contributed by atoms with Crippen molar-refractivity contribution < 1.29 is 13.9 Å². The largest absolute Gasteiger partial charge is 0.454 e. The first kappa shape index (κ1) is 11.6. The Morgan fingerprint density at radius 1 is 1.12 bits per heavy atom. The molecule has 0 bridgehead atoms. The van der Waals surface area contributed by atoms with Crippen LogP contribution in [0, 0.1) is 5.82 Å². The fourth-order valence-electron chi connectivity index (χ4n) is 1.30. The molecule has 0 aliphatic carbocycles. The van der Waals surface area contributed by atoms with Gasteiger partial charge in [-0.1, -0.05) is 11.6 Å². The summed E-state index contributed by atoms with van der Waals surface area (Å²) in [6, 6.07) is 10.5. The van der Waals surface area contributed by atoms with Crippen LogP contribution in [-0.4, -0.2) is 6.29 Å². The molecular weight excluding hydrogens is 243 g/mol. The minimum absolute atomic E-state index is 0.0910. The van der Waals surface area contributed by atoms with E-state index in [1.807, 2.05) is 0 Å². The summed E-state index contributed by atoms with van der Waals surface area (Å²) < 4.78 is 18.7. The van der Waals surface area contributed by atoms with E-state index in [4.69, 9.17) is 16.3 Å². The first-order valence-corrected chi connectivity index (χ1v) is 5.25. The van der Waals surface area contributed by atoms with Crippen molar-refractivity contribution in [1.82, 2.24) is 0 Å². The molecule has 4 heteroatoms. The van der Waals surface area contributed by atoms with E-state index in [0.29, 0.717) is 16.3 Å². The summed E-state index contributed by atoms with van der Waals surface area (Å²) in [6.07, 6.45) is 0.729. The van der Waals surface area contributed by atoms with Crippen molar-refractivity contribution in [3.8, 4) is 11.5 Å². The van der Waals surface area contributed by atoms with Crippen molar-refractivity contribution in [1.29, 1.82) is 0 Å². The van der Waals surface area contributed by atoms with Gasteiger partial charge in [-0.15, -0.1) is 0 Å². The maximum atomic E-state index is 13.4. The highest BCUT2D eigenvalue weighted by Gasteiger charge is 2.05. The van der Waals surface area contributed by atoms with E-state index in [1.54, 1.807) is 30.3 Å². The van der Waals surface area contributed by atoms with Crippen LogP contribution in [0.2, 0.25) is 5.02 Å². The molecule has 0 amide bonds. The molecule has 0 heterocycles. The van der Waals surface area contributed by atoms with Crippen molar-refractivity contribution in [3.05, 3.63) is 58.9 Å². The Kier molecular flexibility index (Phi) is 3.40. The second-order valence-electron chi connectivity index (χ2n) is 3.36. The number of halogens is 2. The SMILES string of the molecule is O=Cc1ccc(Oc2ccc(Cl)cc2F)cc1. The number of hydrogen-bond donors (Lipinski definition) is 0. The van der Waals surface area contributed by atoms with Crippen molar-refractivity contribution >= 4 is 17.9 Å². The van der Waals surface area contributed by atoms with Crippen LogP contribution in [0.4, 0.5) is 4.39 Å². The normalized spacial score (nSPS) is 10.0. The van der Waals surface area contributed by atoms with Gasteiger partial charge in [0.1, 0.15) is 12.0 Å². The Balaban J connectivity index is 2.22. The summed E-state index contributed by atoms with van der Waals surface area (Å²) in [5, 5.41) is 0.311. The number of rotatable bonds is 3. The molecule has 2 aromatic rings. The number of ether oxygens (including phenoxy) is 1. The third kappa shape index (κ3) is 2.82. The van der Waals surface area contributed by atoms with Gasteiger partial charge in [0.2, 0.25) is 0 Å². The summed E-state index contributed by atoms with van der Waals surface area (Å²) in [6.45, 7) is 0. The second-order valence-corrected chi connectivity index (χ2v) is 3.80. The lowest BCUT2D eigenvalue weighted by Gasteiger charge is -2.06. The maximum absolute atomic E-state index is 13.4. The highest BCUT2D eigenvalue weighted by molar-refractivity contribution is 6.30. The predicted molar refractivity (Wildman–Crippen MR) is 63.3 cm³/mol. The number of hydrogen-bond acceptors (Lipinski definition) is 2. The van der Waals surface area contributed by atoms with Gasteiger partial charge in [0, 0.05) is 10.6 Å². The molecule has 0 radical (unpaired) electrons. The van der Waals surface area contributed by atoms with Gasteiger partial charge in [0.05, 0.1) is 0 Å². The van der Waals surface area contributed by atoms with Crippen LogP contribution in [-0.2, 0) is 0 Å². The van der Waals surface area contributed by atoms with E-state index in [1.165, 1.54) is 12.1 Å². The summed E-state index contributed by atoms with van der Waals surface area (Å²) in [5.41, 5.74) is 0.536. The van der Waals surface area contributed by atoms with E-state index in [9.17, 15) is 9.18 Å². The summed E-state index contributed by atoms with van der Waals surface area (Å²) in [5.74, 6) is 0.0158. The molecule has 2 nitrogen and oxygen atoms in total. The molecule has 2 aromatic carbocycles. The lowest BCUT2D eigenvalue weighted by Crippen LogP contribution is -1.88. The van der Waals surface area contributed by atoms with Crippen LogP contribution in [0.25, 0.3) is 0 Å². The number of aldehydes is 1. The predicted octanol–water partition coefficient (Wildman–Crippen LogP) is 4.08. The smallest absolute Gasteiger partial charge is 0.167 e. The van der Waals surface area contributed by atoms with Crippen molar-refractivity contribution in [2.24, 2.45) is 0 Å². The Bertz CT molecular complexity index is 538. The molecule has 2 rings (SSSR count). The zero-order valence-corrected chi connectivity index (χ0v) is 9.45. The van der Waals surface area contributed by atoms with Crippen molar-refractivity contribution in [2.75, 3.05) is 0 Å². The molecule has 0 N–H and O–H groups in total. The minimum Gasteiger partial charge on any atom is -0.454 e. The van der Waals surface area contributed by atoms with E-state index in [0.717, 1.165) is 6.29 Å². The first-order chi connectivity index (χ1) is 8.19. The molecule has 0 fully saturated rings. The Morgan fingerprint density at radius 2 is 1.82 bits per heavy atom. The van der Waals surface area contributed by atoms with Crippen LogP contribution in [0.1, 0.15) is 10.4 Å². The van der Waals surface area contributed by atoms with Crippen LogP contribution >= 0.6 is 11.6 Å². The van der Waals surface area contributed by atoms with Crippen molar-refractivity contribution in [2.45, 2.75) is 0 Å². The van der Waals surface area contributed by atoms with Crippen LogP contribution in [0.3, 0.4) is 0 Å². The molecule has 0 spiro atoms. The molecule has 0 saturated heterocycles. The molecule has 0 saturated carbocycles. The molecular formula is C13H8ClFO2. The standard InChI is InChI=1S/C13H8ClFO2/c14-10-3-6-13(12(15)7-10)17-11-4-1-9(8-16)2-5-11/h1-8H. The zero-order chi connectivity index (χ0) is 12.3. The zero-order valence-electron chi connectivity index (χ0n) is 8.69. The Morgan fingerprint density at radius 3 is 2.41 bits per heavy atom. The van der Waals surface area contributed by atoms with Gasteiger partial charge in [0.15, 0.2) is 11.6 Å². The van der Waals surface area contributed by atoms with E-state index in [-0.39, 0.29) is 5.75 Å². The summed E-state index contributed by atoms with van der Waals surface area (Å²) in [4.78, 5) is 10.5. The third-order valence-electron chi connectivity index (χ3n) is 2.14. The van der Waals surface area contributed by atoms with Crippen LogP contribution < -0.4 is 4.74 Å². The monoisotopic (exact) mass is 250 g/mol. The minimum atomic E-state index is -0.531. The van der Waals surface area contributed by atoms with Gasteiger partial charge in [-0.05, 0) is 42.5 Å². The Labute approximate surface area is 103 Å². The maximum Gasteiger partial charge on any atom is 0.167 e. The molecule has 17 heavy (non-hydrogen) atoms. The van der Waals surface area contributed by atoms with Crippen LogP contribution in [0.15, 0.2) is 42.5 Å². The molecule has 86 valence electrons. The number of carbonyl (C=O) groups excluding carboxylic acids is 1. The lowest BCUT2D eigenvalue weighted by molar-refractivity contribution is 0.112. The lowest BCUT2D eigenvalue weighted by atomic mass is 10.2. The van der Waals surface area contributed by atoms with E-state index >= 15 is 0 Å². The van der Waals surface area contributed by atoms with Gasteiger partial charge in [-0.2, -0.15) is 0 Å². The van der Waals surface area contributed by atoms with Crippen LogP contribution in [0.5, 0.6) is 11.5 Å². The topological polar surface area (TPSA) is 26.3 Å². The second kappa shape index (κ2) is 4.97. The van der Waals surface area contributed by atoms with Gasteiger partial charge >= 0.3 is 0 Å². The average molecular weight is 251 g/mol. The van der Waals surface area contributed by atoms with Gasteiger partial charge in [-0.25, -0.2) is 4.39 Å². The quantitative estimate of drug-likeness (QED) is 0.767. The fraction of sp³-hybridized carbons (Fsp3) is 0. The highest BCUT2D eigenvalue weighted by atomic mass is 35.5. The number of carbonyl (C=O) groups is 1. The fourth-order valence-corrected chi connectivity index (χ4v) is 1.46. The number of benzene rings is 2. The summed E-state index contributed by atoms with van der Waals surface area (Å²) >= 11 is 5.63. The van der Waals surface area contributed by atoms with Gasteiger partial charge in [-0.3, -0.25) is 4.79 Å². The summed E-state index contributed by atoms with van der Waals surface area (Å²) in [7, 11) is 0. The highest BCUT2D eigenvalue weighted by Crippen LogP contribution is 2.26. The molecule has 0 aromatic heterocycles. The first-order valence-electron chi connectivity index (χ1n) is 4.87. The van der Waals surface area contributed by atoms with E-state index in [2.05, 4.69) is 0 Å². The molecule has 0 aliphatic rings. The van der Waals surface area contributed by atoms with E-state index < -0.39 is 5.82 Å².